The van der Waals surface area contributed by atoms with Gasteiger partial charge >= 0.3 is 0 Å². The van der Waals surface area contributed by atoms with E-state index in [1.165, 1.54) is 0 Å². The molecule has 0 aromatic heterocycles. The maximum atomic E-state index is 14.1. The van der Waals surface area contributed by atoms with Gasteiger partial charge in [-0.25, -0.2) is 13.2 Å². The second kappa shape index (κ2) is 5.81. The zero-order valence-corrected chi connectivity index (χ0v) is 11.9. The lowest BCUT2D eigenvalue weighted by Gasteiger charge is -2.33. The highest BCUT2D eigenvalue weighted by molar-refractivity contribution is 9.10. The normalized spacial score (nSPS) is 21.3. The predicted molar refractivity (Wildman–Crippen MR) is 71.1 cm³/mol. The molecule has 0 spiro atoms. The summed E-state index contributed by atoms with van der Waals surface area (Å²) in [6, 6.07) is 4.51. The minimum Gasteiger partial charge on any atom is -0.271 e. The third kappa shape index (κ3) is 3.30. The highest BCUT2D eigenvalue weighted by Gasteiger charge is 2.38. The fraction of sp³-hybridized carbons (Fsp3) is 0.538. The second-order valence-corrected chi connectivity index (χ2v) is 5.84. The van der Waals surface area contributed by atoms with Crippen LogP contribution in [0, 0.1) is 11.7 Å². The third-order valence-corrected chi connectivity index (χ3v) is 4.34. The minimum atomic E-state index is -2.59. The van der Waals surface area contributed by atoms with Crippen molar-refractivity contribution in [3.8, 4) is 0 Å². The molecule has 1 aromatic carbocycles. The molecule has 0 saturated heterocycles. The number of halogens is 4. The molecule has 0 bridgehead atoms. The van der Waals surface area contributed by atoms with Crippen LogP contribution < -0.4 is 11.3 Å². The van der Waals surface area contributed by atoms with Gasteiger partial charge in [-0.05, 0) is 40.8 Å². The van der Waals surface area contributed by atoms with Crippen LogP contribution >= 0.6 is 15.9 Å². The fourth-order valence-corrected chi connectivity index (χ4v) is 3.02. The van der Waals surface area contributed by atoms with Gasteiger partial charge in [-0.2, -0.15) is 0 Å². The topological polar surface area (TPSA) is 38.0 Å². The van der Waals surface area contributed by atoms with Crippen LogP contribution in [0.4, 0.5) is 13.2 Å². The van der Waals surface area contributed by atoms with E-state index in [9.17, 15) is 13.2 Å². The Morgan fingerprint density at radius 3 is 2.53 bits per heavy atom. The number of nitrogens with two attached hydrogens (primary N) is 1. The number of nitrogens with one attached hydrogen (secondary N) is 1. The Hall–Kier alpha value is -0.590. The van der Waals surface area contributed by atoms with Gasteiger partial charge in [0.15, 0.2) is 0 Å². The molecule has 2 rings (SSSR count). The van der Waals surface area contributed by atoms with E-state index in [0.29, 0.717) is 22.9 Å². The molecule has 2 nitrogen and oxygen atoms in total. The van der Waals surface area contributed by atoms with Gasteiger partial charge < -0.3 is 0 Å². The lowest BCUT2D eigenvalue weighted by atomic mass is 9.80. The summed E-state index contributed by atoms with van der Waals surface area (Å²) in [5.74, 6) is 2.45. The van der Waals surface area contributed by atoms with Crippen molar-refractivity contribution in [1.82, 2.24) is 5.43 Å². The first-order chi connectivity index (χ1) is 8.94. The molecule has 1 atom stereocenters. The zero-order chi connectivity index (χ0) is 14.0. The van der Waals surface area contributed by atoms with E-state index in [-0.39, 0.29) is 24.6 Å². The van der Waals surface area contributed by atoms with Crippen LogP contribution in [0.1, 0.15) is 37.3 Å². The van der Waals surface area contributed by atoms with Crippen molar-refractivity contribution in [2.45, 2.75) is 37.6 Å². The summed E-state index contributed by atoms with van der Waals surface area (Å²) in [6.07, 6.45) is 0.360. The standard InChI is InChI=1S/C13H16BrF3N2/c14-10-3-1-2-9(11(10)15)12(19-18)8-4-6-13(16,17)7-5-8/h1-3,8,12,19H,4-7,18H2. The fourth-order valence-electron chi connectivity index (χ4n) is 2.64. The van der Waals surface area contributed by atoms with Crippen molar-refractivity contribution in [2.24, 2.45) is 11.8 Å². The minimum absolute atomic E-state index is 0.0755. The maximum Gasteiger partial charge on any atom is 0.248 e. The summed E-state index contributed by atoms with van der Waals surface area (Å²) in [6.45, 7) is 0. The summed E-state index contributed by atoms with van der Waals surface area (Å²) in [7, 11) is 0. The molecule has 19 heavy (non-hydrogen) atoms. The molecule has 106 valence electrons. The van der Waals surface area contributed by atoms with Gasteiger partial charge in [-0.1, -0.05) is 12.1 Å². The van der Waals surface area contributed by atoms with Gasteiger partial charge in [0, 0.05) is 18.4 Å². The molecule has 1 aliphatic rings. The Balaban J connectivity index is 2.19. The van der Waals surface area contributed by atoms with Crippen molar-refractivity contribution in [3.05, 3.63) is 34.1 Å². The first-order valence-corrected chi connectivity index (χ1v) is 7.02. The van der Waals surface area contributed by atoms with Crippen molar-refractivity contribution in [1.29, 1.82) is 0 Å². The molecule has 1 aromatic rings. The van der Waals surface area contributed by atoms with Gasteiger partial charge in [-0.15, -0.1) is 0 Å². The second-order valence-electron chi connectivity index (χ2n) is 4.98. The van der Waals surface area contributed by atoms with E-state index < -0.39 is 12.0 Å². The largest absolute Gasteiger partial charge is 0.271 e. The van der Waals surface area contributed by atoms with Crippen LogP contribution in [0.5, 0.6) is 0 Å². The Morgan fingerprint density at radius 2 is 1.95 bits per heavy atom. The number of hydrogen-bond donors (Lipinski definition) is 2. The van der Waals surface area contributed by atoms with E-state index in [0.717, 1.165) is 0 Å². The van der Waals surface area contributed by atoms with E-state index in [1.54, 1.807) is 18.2 Å². The van der Waals surface area contributed by atoms with Gasteiger partial charge in [-0.3, -0.25) is 11.3 Å². The van der Waals surface area contributed by atoms with Crippen LogP contribution in [0.25, 0.3) is 0 Å². The molecule has 6 heteroatoms. The molecule has 1 fully saturated rings. The molecular weight excluding hydrogens is 321 g/mol. The highest BCUT2D eigenvalue weighted by atomic mass is 79.9. The SMILES string of the molecule is NNC(c1cccc(Br)c1F)C1CCC(F)(F)CC1. The van der Waals surface area contributed by atoms with E-state index in [1.807, 2.05) is 0 Å². The monoisotopic (exact) mass is 336 g/mol. The molecule has 0 aliphatic heterocycles. The van der Waals surface area contributed by atoms with Crippen molar-refractivity contribution in [3.63, 3.8) is 0 Å². The maximum absolute atomic E-state index is 14.1. The predicted octanol–water partition coefficient (Wildman–Crippen LogP) is 3.92. The quantitative estimate of drug-likeness (QED) is 0.648. The molecule has 1 unspecified atom stereocenters. The zero-order valence-electron chi connectivity index (χ0n) is 10.3. The lowest BCUT2D eigenvalue weighted by molar-refractivity contribution is -0.0499. The molecular formula is C13H16BrF3N2. The number of benzene rings is 1. The molecule has 1 aliphatic carbocycles. The van der Waals surface area contributed by atoms with Crippen LogP contribution in [0.15, 0.2) is 22.7 Å². The number of hydrazine groups is 1. The molecule has 0 radical (unpaired) electrons. The summed E-state index contributed by atoms with van der Waals surface area (Å²) >= 11 is 3.12. The van der Waals surface area contributed by atoms with Gasteiger partial charge in [0.25, 0.3) is 0 Å². The first kappa shape index (κ1) is 14.8. The molecule has 3 N–H and O–H groups in total. The highest BCUT2D eigenvalue weighted by Crippen LogP contribution is 2.41. The van der Waals surface area contributed by atoms with Crippen LogP contribution in [-0.2, 0) is 0 Å². The van der Waals surface area contributed by atoms with E-state index in [2.05, 4.69) is 21.4 Å². The van der Waals surface area contributed by atoms with Gasteiger partial charge in [0.1, 0.15) is 5.82 Å². The average molecular weight is 337 g/mol. The molecule has 0 amide bonds. The number of hydrogen-bond acceptors (Lipinski definition) is 2. The lowest BCUT2D eigenvalue weighted by Crippen LogP contribution is -2.37. The number of rotatable bonds is 3. The Bertz CT molecular complexity index is 444. The van der Waals surface area contributed by atoms with Crippen LogP contribution in [0.2, 0.25) is 0 Å². The van der Waals surface area contributed by atoms with E-state index in [4.69, 9.17) is 5.84 Å². The summed E-state index contributed by atoms with van der Waals surface area (Å²) in [5.41, 5.74) is 3.00. The van der Waals surface area contributed by atoms with Gasteiger partial charge in [0.2, 0.25) is 5.92 Å². The average Bonchev–Trinajstić information content (AvgIpc) is 2.37. The number of alkyl halides is 2. The first-order valence-electron chi connectivity index (χ1n) is 6.22. The molecule has 1 saturated carbocycles. The Morgan fingerprint density at radius 1 is 1.32 bits per heavy atom. The van der Waals surface area contributed by atoms with Crippen LogP contribution in [0.3, 0.4) is 0 Å². The van der Waals surface area contributed by atoms with Crippen LogP contribution in [-0.4, -0.2) is 5.92 Å². The van der Waals surface area contributed by atoms with E-state index >= 15 is 0 Å². The van der Waals surface area contributed by atoms with Crippen molar-refractivity contribution in [2.75, 3.05) is 0 Å². The van der Waals surface area contributed by atoms with Gasteiger partial charge in [0.05, 0.1) is 10.5 Å². The third-order valence-electron chi connectivity index (χ3n) is 3.73. The van der Waals surface area contributed by atoms with Crippen molar-refractivity contribution < 1.29 is 13.2 Å². The summed E-state index contributed by atoms with van der Waals surface area (Å²) in [4.78, 5) is 0. The Kier molecular flexibility index (Phi) is 4.53. The smallest absolute Gasteiger partial charge is 0.248 e. The van der Waals surface area contributed by atoms with Crippen molar-refractivity contribution >= 4 is 15.9 Å². The molecule has 0 heterocycles. The Labute approximate surface area is 118 Å². The summed E-state index contributed by atoms with van der Waals surface area (Å²) < 4.78 is 40.7. The summed E-state index contributed by atoms with van der Waals surface area (Å²) in [5, 5.41) is 0.